The van der Waals surface area contributed by atoms with Gasteiger partial charge in [0.2, 0.25) is 0 Å². The first kappa shape index (κ1) is 25.3. The number of ketones is 1. The zero-order valence-corrected chi connectivity index (χ0v) is 19.0. The number of unbranched alkanes of at least 4 members (excludes halogenated alkanes) is 10. The summed E-state index contributed by atoms with van der Waals surface area (Å²) >= 11 is 1.09. The number of hydrogen-bond acceptors (Lipinski definition) is 5. The third-order valence-corrected chi connectivity index (χ3v) is 7.74. The van der Waals surface area contributed by atoms with Gasteiger partial charge in [0.15, 0.2) is 5.78 Å². The van der Waals surface area contributed by atoms with E-state index >= 15 is 0 Å². The van der Waals surface area contributed by atoms with Gasteiger partial charge in [0.05, 0.1) is 6.10 Å². The molecule has 1 aromatic rings. The molecule has 0 fully saturated rings. The molecule has 162 valence electrons. The number of nitrogens with one attached hydrogen (secondary N) is 1. The molecule has 1 aromatic heterocycles. The zero-order chi connectivity index (χ0) is 20.8. The monoisotopic (exact) mass is 431 g/mol. The maximum Gasteiger partial charge on any atom is 0.250 e. The van der Waals surface area contributed by atoms with Crippen LogP contribution in [0.4, 0.5) is 0 Å². The number of aliphatic hydroxyl groups excluding tert-OH is 1. The molecular formula is C21H37NO4S2. The van der Waals surface area contributed by atoms with E-state index in [2.05, 4.69) is 11.6 Å². The minimum Gasteiger partial charge on any atom is -0.391 e. The standard InChI is InChI=1S/C21H37NO4S2/c1-3-4-5-6-7-8-9-10-11-12-13-15-19(24)21(18(2)23)22-28(25,26)20-16-14-17-27-20/h14,16-18,21-23H,3-13,15H2,1-2H3/t18-,21+/m1/s1. The second-order valence-corrected chi connectivity index (χ2v) is 10.4. The highest BCUT2D eigenvalue weighted by atomic mass is 32.2. The number of carbonyl (C=O) groups is 1. The van der Waals surface area contributed by atoms with Crippen LogP contribution >= 0.6 is 11.3 Å². The molecule has 7 heteroatoms. The van der Waals surface area contributed by atoms with Gasteiger partial charge < -0.3 is 5.11 Å². The van der Waals surface area contributed by atoms with E-state index in [4.69, 9.17) is 0 Å². The van der Waals surface area contributed by atoms with E-state index in [-0.39, 0.29) is 9.99 Å². The fraction of sp³-hybridized carbons (Fsp3) is 0.762. The molecule has 0 amide bonds. The van der Waals surface area contributed by atoms with Crippen LogP contribution in [0.25, 0.3) is 0 Å². The number of thiophene rings is 1. The summed E-state index contributed by atoms with van der Waals surface area (Å²) < 4.78 is 27.1. The Balaban J connectivity index is 2.23. The van der Waals surface area contributed by atoms with Crippen LogP contribution in [-0.2, 0) is 14.8 Å². The number of aliphatic hydroxyl groups is 1. The number of Topliss-reactive ketones (excluding diaryl/α,β-unsaturated/α-hetero) is 1. The number of sulfonamides is 1. The van der Waals surface area contributed by atoms with Crippen molar-refractivity contribution < 1.29 is 18.3 Å². The summed E-state index contributed by atoms with van der Waals surface area (Å²) in [5.74, 6) is -0.244. The van der Waals surface area contributed by atoms with Crippen LogP contribution in [-0.4, -0.2) is 31.5 Å². The van der Waals surface area contributed by atoms with Crippen LogP contribution in [0, 0.1) is 0 Å². The smallest absolute Gasteiger partial charge is 0.250 e. The highest BCUT2D eigenvalue weighted by molar-refractivity contribution is 7.91. The number of carbonyl (C=O) groups excluding carboxylic acids is 1. The van der Waals surface area contributed by atoms with Crippen molar-refractivity contribution in [3.8, 4) is 0 Å². The van der Waals surface area contributed by atoms with Gasteiger partial charge in [0, 0.05) is 6.42 Å². The van der Waals surface area contributed by atoms with Gasteiger partial charge in [-0.05, 0) is 24.8 Å². The lowest BCUT2D eigenvalue weighted by Gasteiger charge is -2.19. The topological polar surface area (TPSA) is 83.5 Å². The Morgan fingerprint density at radius 1 is 1.04 bits per heavy atom. The maximum absolute atomic E-state index is 12.4. The summed E-state index contributed by atoms with van der Waals surface area (Å²) in [6.45, 7) is 3.67. The first-order chi connectivity index (χ1) is 13.4. The average Bonchev–Trinajstić information content (AvgIpc) is 3.19. The van der Waals surface area contributed by atoms with E-state index in [0.29, 0.717) is 6.42 Å². The molecule has 1 heterocycles. The molecule has 0 saturated carbocycles. The van der Waals surface area contributed by atoms with Crippen molar-refractivity contribution >= 4 is 27.1 Å². The summed E-state index contributed by atoms with van der Waals surface area (Å²) in [7, 11) is -3.77. The van der Waals surface area contributed by atoms with Gasteiger partial charge in [-0.3, -0.25) is 4.79 Å². The van der Waals surface area contributed by atoms with Crippen molar-refractivity contribution in [2.24, 2.45) is 0 Å². The van der Waals surface area contributed by atoms with Gasteiger partial charge in [0.1, 0.15) is 10.3 Å². The minimum absolute atomic E-state index is 0.153. The van der Waals surface area contributed by atoms with Crippen LogP contribution in [0.1, 0.15) is 90.9 Å². The SMILES string of the molecule is CCCCCCCCCCCCCC(=O)[C@@H](NS(=O)(=O)c1cccs1)[C@@H](C)O. The molecule has 0 aliphatic rings. The van der Waals surface area contributed by atoms with Crippen molar-refractivity contribution in [3.05, 3.63) is 17.5 Å². The van der Waals surface area contributed by atoms with Gasteiger partial charge in [-0.25, -0.2) is 8.42 Å². The van der Waals surface area contributed by atoms with Crippen LogP contribution in [0.2, 0.25) is 0 Å². The summed E-state index contributed by atoms with van der Waals surface area (Å²) in [6, 6.07) is 2.04. The molecule has 1 rings (SSSR count). The fourth-order valence-electron chi connectivity index (χ4n) is 3.19. The molecule has 2 atom stereocenters. The molecule has 0 spiro atoms. The van der Waals surface area contributed by atoms with Crippen molar-refractivity contribution in [2.45, 2.75) is 107 Å². The lowest BCUT2D eigenvalue weighted by molar-refractivity contribution is -0.123. The third-order valence-electron chi connectivity index (χ3n) is 4.90. The van der Waals surface area contributed by atoms with E-state index in [0.717, 1.165) is 30.6 Å². The second-order valence-electron chi connectivity index (χ2n) is 7.52. The number of rotatable bonds is 17. The van der Waals surface area contributed by atoms with Crippen molar-refractivity contribution in [1.82, 2.24) is 4.72 Å². The maximum atomic E-state index is 12.4. The largest absolute Gasteiger partial charge is 0.391 e. The number of hydrogen-bond donors (Lipinski definition) is 2. The van der Waals surface area contributed by atoms with Crippen LogP contribution in [0.15, 0.2) is 21.7 Å². The predicted octanol–water partition coefficient (Wildman–Crippen LogP) is 5.05. The van der Waals surface area contributed by atoms with Gasteiger partial charge in [-0.2, -0.15) is 4.72 Å². The van der Waals surface area contributed by atoms with Crippen LogP contribution in [0.3, 0.4) is 0 Å². The Kier molecular flexibility index (Phi) is 12.9. The minimum atomic E-state index is -3.77. The van der Waals surface area contributed by atoms with E-state index in [1.165, 1.54) is 64.4 Å². The van der Waals surface area contributed by atoms with E-state index in [9.17, 15) is 18.3 Å². The van der Waals surface area contributed by atoms with Gasteiger partial charge in [-0.1, -0.05) is 77.2 Å². The lowest BCUT2D eigenvalue weighted by Crippen LogP contribution is -2.47. The molecule has 0 unspecified atom stereocenters. The molecular weight excluding hydrogens is 394 g/mol. The fourth-order valence-corrected chi connectivity index (χ4v) is 5.50. The molecule has 28 heavy (non-hydrogen) atoms. The average molecular weight is 432 g/mol. The van der Waals surface area contributed by atoms with Crippen molar-refractivity contribution in [1.29, 1.82) is 0 Å². The molecule has 0 aliphatic carbocycles. The predicted molar refractivity (Wildman–Crippen MR) is 116 cm³/mol. The first-order valence-corrected chi connectivity index (χ1v) is 13.0. The van der Waals surface area contributed by atoms with Gasteiger partial charge in [0.25, 0.3) is 10.0 Å². The molecule has 0 radical (unpaired) electrons. The lowest BCUT2D eigenvalue weighted by atomic mass is 10.0. The highest BCUT2D eigenvalue weighted by Gasteiger charge is 2.29. The molecule has 0 aliphatic heterocycles. The second kappa shape index (κ2) is 14.3. The van der Waals surface area contributed by atoms with Crippen molar-refractivity contribution in [3.63, 3.8) is 0 Å². The van der Waals surface area contributed by atoms with E-state index in [1.54, 1.807) is 11.4 Å². The molecule has 0 bridgehead atoms. The molecule has 0 aromatic carbocycles. The van der Waals surface area contributed by atoms with Crippen LogP contribution < -0.4 is 4.72 Å². The Morgan fingerprint density at radius 3 is 2.04 bits per heavy atom. The first-order valence-electron chi connectivity index (χ1n) is 10.6. The zero-order valence-electron chi connectivity index (χ0n) is 17.4. The molecule has 0 saturated heterocycles. The Bertz CT molecular complexity index is 627. The van der Waals surface area contributed by atoms with Crippen molar-refractivity contribution in [2.75, 3.05) is 0 Å². The third kappa shape index (κ3) is 10.1. The summed E-state index contributed by atoms with van der Waals surface area (Å²) in [5.41, 5.74) is 0. The van der Waals surface area contributed by atoms with Gasteiger partial charge >= 0.3 is 0 Å². The summed E-state index contributed by atoms with van der Waals surface area (Å²) in [4.78, 5) is 12.4. The van der Waals surface area contributed by atoms with Crippen LogP contribution in [0.5, 0.6) is 0 Å². The Labute approximate surface area is 175 Å². The normalized spacial score (nSPS) is 14.1. The quantitative estimate of drug-likeness (QED) is 0.338. The summed E-state index contributed by atoms with van der Waals surface area (Å²) in [5, 5.41) is 11.5. The molecule has 5 nitrogen and oxygen atoms in total. The Hall–Kier alpha value is -0.760. The van der Waals surface area contributed by atoms with E-state index < -0.39 is 22.2 Å². The molecule has 2 N–H and O–H groups in total. The highest BCUT2D eigenvalue weighted by Crippen LogP contribution is 2.17. The summed E-state index contributed by atoms with van der Waals surface area (Å²) in [6.07, 6.45) is 12.4. The van der Waals surface area contributed by atoms with E-state index in [1.807, 2.05) is 0 Å². The van der Waals surface area contributed by atoms with Gasteiger partial charge in [-0.15, -0.1) is 11.3 Å². The Morgan fingerprint density at radius 2 is 1.57 bits per heavy atom.